The average molecular weight is 334 g/mol. The number of hydrogen-bond donors (Lipinski definition) is 0. The Morgan fingerprint density at radius 1 is 1.40 bits per heavy atom. The number of aromatic nitrogens is 2. The maximum absolute atomic E-state index is 5.73. The first-order chi connectivity index (χ1) is 9.72. The minimum atomic E-state index is 0.556. The summed E-state index contributed by atoms with van der Waals surface area (Å²) in [7, 11) is 0. The first-order valence-electron chi connectivity index (χ1n) is 6.62. The summed E-state index contributed by atoms with van der Waals surface area (Å²) >= 11 is 3.44. The van der Waals surface area contributed by atoms with Crippen LogP contribution in [0.4, 0.5) is 5.82 Å². The van der Waals surface area contributed by atoms with Crippen molar-refractivity contribution in [3.8, 4) is 5.75 Å². The van der Waals surface area contributed by atoms with Crippen LogP contribution in [0.3, 0.4) is 0 Å². The Hall–Kier alpha value is -1.62. The molecule has 0 aliphatic carbocycles. The summed E-state index contributed by atoms with van der Waals surface area (Å²) in [6, 6.07) is 5.92. The molecule has 1 fully saturated rings. The summed E-state index contributed by atoms with van der Waals surface area (Å²) in [5, 5.41) is 0. The predicted octanol–water partition coefficient (Wildman–Crippen LogP) is 3.06. The molecule has 0 amide bonds. The fraction of sp³-hybridized carbons (Fsp3) is 0.333. The Morgan fingerprint density at radius 3 is 2.95 bits per heavy atom. The summed E-state index contributed by atoms with van der Waals surface area (Å²) in [5.41, 5.74) is 1.20. The second kappa shape index (κ2) is 5.79. The van der Waals surface area contributed by atoms with Gasteiger partial charge in [0.2, 0.25) is 0 Å². The molecule has 2 aromatic rings. The lowest BCUT2D eigenvalue weighted by Gasteiger charge is -2.40. The molecule has 0 N–H and O–H groups in total. The van der Waals surface area contributed by atoms with E-state index in [0.717, 1.165) is 35.7 Å². The van der Waals surface area contributed by atoms with Crippen molar-refractivity contribution in [2.45, 2.75) is 6.92 Å². The first-order valence-corrected chi connectivity index (χ1v) is 7.41. The van der Waals surface area contributed by atoms with Gasteiger partial charge in [-0.2, -0.15) is 0 Å². The molecular weight excluding hydrogens is 318 g/mol. The lowest BCUT2D eigenvalue weighted by molar-refractivity contribution is 0.219. The molecule has 1 saturated heterocycles. The molecular formula is C15H16BrN3O. The van der Waals surface area contributed by atoms with E-state index in [1.54, 1.807) is 12.4 Å². The number of nitrogens with zero attached hydrogens (tertiary/aromatic N) is 3. The first kappa shape index (κ1) is 13.4. The van der Waals surface area contributed by atoms with Gasteiger partial charge in [-0.05, 0) is 46.6 Å². The van der Waals surface area contributed by atoms with Crippen LogP contribution in [0, 0.1) is 12.8 Å². The molecule has 0 saturated carbocycles. The van der Waals surface area contributed by atoms with Gasteiger partial charge in [-0.1, -0.05) is 0 Å². The Kier molecular flexibility index (Phi) is 3.87. The summed E-state index contributed by atoms with van der Waals surface area (Å²) in [6.45, 7) is 4.82. The number of ether oxygens (including phenoxy) is 1. The number of pyridine rings is 2. The highest BCUT2D eigenvalue weighted by Gasteiger charge is 2.29. The van der Waals surface area contributed by atoms with Crippen molar-refractivity contribution in [3.05, 3.63) is 46.8 Å². The van der Waals surface area contributed by atoms with Crippen molar-refractivity contribution in [2.24, 2.45) is 5.92 Å². The Morgan fingerprint density at radius 2 is 2.25 bits per heavy atom. The van der Waals surface area contributed by atoms with E-state index in [-0.39, 0.29) is 0 Å². The van der Waals surface area contributed by atoms with Crippen LogP contribution in [-0.4, -0.2) is 29.7 Å². The van der Waals surface area contributed by atoms with Crippen LogP contribution in [0.15, 0.2) is 41.3 Å². The van der Waals surface area contributed by atoms with Crippen LogP contribution < -0.4 is 9.64 Å². The smallest absolute Gasteiger partial charge is 0.137 e. The fourth-order valence-corrected chi connectivity index (χ4v) is 2.80. The van der Waals surface area contributed by atoms with Gasteiger partial charge in [0.1, 0.15) is 11.6 Å². The fourth-order valence-electron chi connectivity index (χ4n) is 2.36. The van der Waals surface area contributed by atoms with Crippen molar-refractivity contribution >= 4 is 21.7 Å². The van der Waals surface area contributed by atoms with Gasteiger partial charge in [-0.3, -0.25) is 4.98 Å². The summed E-state index contributed by atoms with van der Waals surface area (Å²) < 4.78 is 6.75. The molecule has 104 valence electrons. The van der Waals surface area contributed by atoms with Gasteiger partial charge in [0.05, 0.1) is 12.8 Å². The Balaban J connectivity index is 1.51. The maximum Gasteiger partial charge on any atom is 0.137 e. The topological polar surface area (TPSA) is 38.2 Å². The van der Waals surface area contributed by atoms with Crippen molar-refractivity contribution in [2.75, 3.05) is 24.6 Å². The van der Waals surface area contributed by atoms with Crippen LogP contribution in [0.2, 0.25) is 0 Å². The van der Waals surface area contributed by atoms with Crippen LogP contribution in [0.5, 0.6) is 5.75 Å². The molecule has 5 heteroatoms. The van der Waals surface area contributed by atoms with E-state index in [4.69, 9.17) is 4.74 Å². The normalized spacial score (nSPS) is 15.0. The monoisotopic (exact) mass is 333 g/mol. The zero-order valence-electron chi connectivity index (χ0n) is 11.3. The quantitative estimate of drug-likeness (QED) is 0.861. The second-order valence-electron chi connectivity index (χ2n) is 5.06. The van der Waals surface area contributed by atoms with Crippen molar-refractivity contribution in [3.63, 3.8) is 0 Å². The molecule has 1 aliphatic heterocycles. The SMILES string of the molecule is Cc1cc(Br)cnc1N1CC(COc2cccnc2)C1. The van der Waals surface area contributed by atoms with Crippen molar-refractivity contribution in [1.29, 1.82) is 0 Å². The molecule has 0 bridgehead atoms. The van der Waals surface area contributed by atoms with E-state index >= 15 is 0 Å². The van der Waals surface area contributed by atoms with Gasteiger partial charge < -0.3 is 9.64 Å². The highest BCUT2D eigenvalue weighted by atomic mass is 79.9. The standard InChI is InChI=1S/C15H16BrN3O/c1-11-5-13(16)6-18-15(11)19-8-12(9-19)10-20-14-3-2-4-17-7-14/h2-7,12H,8-10H2,1H3. The van der Waals surface area contributed by atoms with Crippen LogP contribution in [-0.2, 0) is 0 Å². The van der Waals surface area contributed by atoms with E-state index in [0.29, 0.717) is 5.92 Å². The lowest BCUT2D eigenvalue weighted by Crippen LogP contribution is -2.50. The molecule has 0 atom stereocenters. The van der Waals surface area contributed by atoms with Crippen LogP contribution in [0.1, 0.15) is 5.56 Å². The summed E-state index contributed by atoms with van der Waals surface area (Å²) in [5.74, 6) is 2.47. The number of hydrogen-bond acceptors (Lipinski definition) is 4. The highest BCUT2D eigenvalue weighted by molar-refractivity contribution is 9.10. The van der Waals surface area contributed by atoms with Gasteiger partial charge in [0.25, 0.3) is 0 Å². The maximum atomic E-state index is 5.73. The summed E-state index contributed by atoms with van der Waals surface area (Å²) in [4.78, 5) is 10.8. The molecule has 3 rings (SSSR count). The van der Waals surface area contributed by atoms with E-state index in [9.17, 15) is 0 Å². The van der Waals surface area contributed by atoms with Gasteiger partial charge in [-0.25, -0.2) is 4.98 Å². The number of aryl methyl sites for hydroxylation is 1. The molecule has 2 aromatic heterocycles. The van der Waals surface area contributed by atoms with Gasteiger partial charge in [-0.15, -0.1) is 0 Å². The van der Waals surface area contributed by atoms with Gasteiger partial charge in [0, 0.05) is 35.9 Å². The van der Waals surface area contributed by atoms with Crippen molar-refractivity contribution < 1.29 is 4.74 Å². The third kappa shape index (κ3) is 2.93. The molecule has 0 spiro atoms. The second-order valence-corrected chi connectivity index (χ2v) is 5.98. The van der Waals surface area contributed by atoms with Crippen LogP contribution >= 0.6 is 15.9 Å². The zero-order chi connectivity index (χ0) is 13.9. The molecule has 0 unspecified atom stereocenters. The van der Waals surface area contributed by atoms with E-state index in [1.165, 1.54) is 5.56 Å². The molecule has 0 aromatic carbocycles. The van der Waals surface area contributed by atoms with E-state index in [1.807, 2.05) is 18.3 Å². The Bertz CT molecular complexity index is 585. The molecule has 20 heavy (non-hydrogen) atoms. The molecule has 0 radical (unpaired) electrons. The molecule has 3 heterocycles. The average Bonchev–Trinajstić information content (AvgIpc) is 2.40. The third-order valence-corrected chi connectivity index (χ3v) is 3.83. The highest BCUT2D eigenvalue weighted by Crippen LogP contribution is 2.27. The largest absolute Gasteiger partial charge is 0.492 e. The third-order valence-electron chi connectivity index (χ3n) is 3.39. The number of rotatable bonds is 4. The lowest BCUT2D eigenvalue weighted by atomic mass is 10.0. The minimum absolute atomic E-state index is 0.556. The zero-order valence-corrected chi connectivity index (χ0v) is 12.9. The van der Waals surface area contributed by atoms with Gasteiger partial charge >= 0.3 is 0 Å². The molecule has 4 nitrogen and oxygen atoms in total. The van der Waals surface area contributed by atoms with E-state index in [2.05, 4.69) is 43.8 Å². The van der Waals surface area contributed by atoms with Crippen molar-refractivity contribution in [1.82, 2.24) is 9.97 Å². The minimum Gasteiger partial charge on any atom is -0.492 e. The number of halogens is 1. The Labute approximate surface area is 126 Å². The number of anilines is 1. The summed E-state index contributed by atoms with van der Waals surface area (Å²) in [6.07, 6.45) is 5.35. The van der Waals surface area contributed by atoms with Gasteiger partial charge in [0.15, 0.2) is 0 Å². The van der Waals surface area contributed by atoms with Crippen LogP contribution in [0.25, 0.3) is 0 Å². The van der Waals surface area contributed by atoms with E-state index < -0.39 is 0 Å². The predicted molar refractivity (Wildman–Crippen MR) is 82.1 cm³/mol. The molecule has 1 aliphatic rings.